The van der Waals surface area contributed by atoms with Gasteiger partial charge in [0.2, 0.25) is 5.43 Å². The van der Waals surface area contributed by atoms with Crippen LogP contribution in [0.1, 0.15) is 43.4 Å². The predicted octanol–water partition coefficient (Wildman–Crippen LogP) is 4.39. The van der Waals surface area contributed by atoms with E-state index in [9.17, 15) is 14.7 Å². The van der Waals surface area contributed by atoms with Crippen molar-refractivity contribution in [3.05, 3.63) is 70.3 Å². The van der Waals surface area contributed by atoms with E-state index in [1.165, 1.54) is 12.3 Å². The molecule has 168 valence electrons. The highest BCUT2D eigenvalue weighted by Gasteiger charge is 2.34. The molecule has 1 aliphatic heterocycles. The van der Waals surface area contributed by atoms with Crippen LogP contribution < -0.4 is 14.9 Å². The van der Waals surface area contributed by atoms with Gasteiger partial charge in [0.1, 0.15) is 34.5 Å². The zero-order chi connectivity index (χ0) is 23.3. The fraction of sp³-hybridized carbons (Fsp3) is 0.240. The summed E-state index contributed by atoms with van der Waals surface area (Å²) < 4.78 is 18.3. The summed E-state index contributed by atoms with van der Waals surface area (Å²) in [6, 6.07) is 8.44. The van der Waals surface area contributed by atoms with Gasteiger partial charge in [-0.3, -0.25) is 14.3 Å². The van der Waals surface area contributed by atoms with Crippen LogP contribution in [-0.2, 0) is 4.79 Å². The lowest BCUT2D eigenvalue weighted by molar-refractivity contribution is -0.135. The van der Waals surface area contributed by atoms with Crippen molar-refractivity contribution in [1.29, 1.82) is 0 Å². The van der Waals surface area contributed by atoms with Gasteiger partial charge in [0, 0.05) is 29.8 Å². The molecule has 8 heteroatoms. The Labute approximate surface area is 189 Å². The topological polar surface area (TPSA) is 104 Å². The van der Waals surface area contributed by atoms with Crippen molar-refractivity contribution < 1.29 is 23.8 Å². The molecule has 0 bridgehead atoms. The SMILES string of the molecule is COc1ccc(-c2coc3c4c(cc(O)c3c2=O)OC(=O)CC4c2cnn(C(C)C)c2)cc1. The number of ether oxygens (including phenoxy) is 2. The lowest BCUT2D eigenvalue weighted by Crippen LogP contribution is -2.22. The summed E-state index contributed by atoms with van der Waals surface area (Å²) in [7, 11) is 1.56. The average molecular weight is 446 g/mol. The molecule has 0 spiro atoms. The number of esters is 1. The van der Waals surface area contributed by atoms with Gasteiger partial charge in [-0.2, -0.15) is 5.10 Å². The first-order valence-corrected chi connectivity index (χ1v) is 10.6. The molecule has 2 aromatic heterocycles. The van der Waals surface area contributed by atoms with Gasteiger partial charge in [-0.25, -0.2) is 0 Å². The van der Waals surface area contributed by atoms with Gasteiger partial charge in [0.05, 0.1) is 25.3 Å². The number of fused-ring (bicyclic) bond motifs is 3. The van der Waals surface area contributed by atoms with Gasteiger partial charge in [-0.05, 0) is 37.1 Å². The third kappa shape index (κ3) is 3.44. The number of nitrogens with zero attached hydrogens (tertiary/aromatic N) is 2. The number of carbonyl (C=O) groups is 1. The van der Waals surface area contributed by atoms with E-state index in [2.05, 4.69) is 5.10 Å². The summed E-state index contributed by atoms with van der Waals surface area (Å²) >= 11 is 0. The molecule has 33 heavy (non-hydrogen) atoms. The highest BCUT2D eigenvalue weighted by atomic mass is 16.5. The fourth-order valence-corrected chi connectivity index (χ4v) is 4.20. The van der Waals surface area contributed by atoms with Crippen molar-refractivity contribution in [2.75, 3.05) is 7.11 Å². The number of carbonyl (C=O) groups excluding carboxylic acids is 1. The lowest BCUT2D eigenvalue weighted by Gasteiger charge is -2.25. The number of aromatic hydroxyl groups is 1. The van der Waals surface area contributed by atoms with Crippen LogP contribution in [0.15, 0.2) is 58.2 Å². The van der Waals surface area contributed by atoms with Crippen molar-refractivity contribution in [3.8, 4) is 28.4 Å². The van der Waals surface area contributed by atoms with Crippen molar-refractivity contribution in [2.24, 2.45) is 0 Å². The minimum atomic E-state index is -0.430. The van der Waals surface area contributed by atoms with E-state index < -0.39 is 11.9 Å². The second-order valence-corrected chi connectivity index (χ2v) is 8.30. The second-order valence-electron chi connectivity index (χ2n) is 8.30. The Morgan fingerprint density at radius 3 is 2.64 bits per heavy atom. The summed E-state index contributed by atoms with van der Waals surface area (Å²) in [4.78, 5) is 25.7. The van der Waals surface area contributed by atoms with Crippen LogP contribution in [0.25, 0.3) is 22.1 Å². The first kappa shape index (κ1) is 20.8. The van der Waals surface area contributed by atoms with Gasteiger partial charge in [-0.15, -0.1) is 0 Å². The Kier molecular flexibility index (Phi) is 4.92. The average Bonchev–Trinajstić information content (AvgIpc) is 3.29. The molecule has 0 amide bonds. The van der Waals surface area contributed by atoms with E-state index >= 15 is 0 Å². The van der Waals surface area contributed by atoms with Crippen LogP contribution in [-0.4, -0.2) is 28.0 Å². The molecule has 1 atom stereocenters. The first-order chi connectivity index (χ1) is 15.9. The quantitative estimate of drug-likeness (QED) is 0.366. The molecule has 1 aliphatic rings. The molecule has 1 unspecified atom stereocenters. The van der Waals surface area contributed by atoms with Gasteiger partial charge in [0.15, 0.2) is 0 Å². The van der Waals surface area contributed by atoms with Gasteiger partial charge >= 0.3 is 5.97 Å². The highest BCUT2D eigenvalue weighted by molar-refractivity contribution is 5.94. The molecular formula is C25H22N2O6. The van der Waals surface area contributed by atoms with Crippen molar-refractivity contribution >= 4 is 16.9 Å². The zero-order valence-corrected chi connectivity index (χ0v) is 18.4. The number of hydrogen-bond acceptors (Lipinski definition) is 7. The zero-order valence-electron chi connectivity index (χ0n) is 18.4. The smallest absolute Gasteiger partial charge is 0.312 e. The number of rotatable bonds is 4. The van der Waals surface area contributed by atoms with E-state index in [-0.39, 0.29) is 40.4 Å². The van der Waals surface area contributed by atoms with Crippen LogP contribution >= 0.6 is 0 Å². The summed E-state index contributed by atoms with van der Waals surface area (Å²) in [6.45, 7) is 4.01. The minimum absolute atomic E-state index is 0.0428. The molecule has 2 aromatic carbocycles. The normalized spacial score (nSPS) is 15.5. The molecule has 0 saturated carbocycles. The fourth-order valence-electron chi connectivity index (χ4n) is 4.20. The number of phenolic OH excluding ortho intramolecular Hbond substituents is 1. The largest absolute Gasteiger partial charge is 0.507 e. The van der Waals surface area contributed by atoms with Crippen molar-refractivity contribution in [2.45, 2.75) is 32.2 Å². The number of aromatic nitrogens is 2. The number of hydrogen-bond donors (Lipinski definition) is 1. The van der Waals surface area contributed by atoms with Crippen LogP contribution in [0.5, 0.6) is 17.2 Å². The molecule has 4 aromatic rings. The summed E-state index contributed by atoms with van der Waals surface area (Å²) in [6.07, 6.45) is 5.02. The number of benzene rings is 2. The summed E-state index contributed by atoms with van der Waals surface area (Å²) in [5.41, 5.74) is 2.10. The van der Waals surface area contributed by atoms with E-state index in [4.69, 9.17) is 13.9 Å². The second kappa shape index (κ2) is 7.81. The van der Waals surface area contributed by atoms with Crippen molar-refractivity contribution in [1.82, 2.24) is 9.78 Å². The predicted molar refractivity (Wildman–Crippen MR) is 121 cm³/mol. The van der Waals surface area contributed by atoms with E-state index in [1.54, 1.807) is 42.3 Å². The number of methoxy groups -OCH3 is 1. The third-order valence-electron chi connectivity index (χ3n) is 5.92. The van der Waals surface area contributed by atoms with E-state index in [1.807, 2.05) is 20.0 Å². The van der Waals surface area contributed by atoms with E-state index in [0.717, 1.165) is 5.56 Å². The monoisotopic (exact) mass is 446 g/mol. The summed E-state index contributed by atoms with van der Waals surface area (Å²) in [5, 5.41) is 15.1. The Bertz CT molecular complexity index is 1430. The molecule has 0 fully saturated rings. The first-order valence-electron chi connectivity index (χ1n) is 10.6. The maximum atomic E-state index is 13.4. The molecular weight excluding hydrogens is 424 g/mol. The summed E-state index contributed by atoms with van der Waals surface area (Å²) in [5.74, 6) is -0.321. The molecule has 3 heterocycles. The Hall–Kier alpha value is -4.07. The molecule has 8 nitrogen and oxygen atoms in total. The van der Waals surface area contributed by atoms with Crippen molar-refractivity contribution in [3.63, 3.8) is 0 Å². The van der Waals surface area contributed by atoms with Gasteiger partial charge in [0.25, 0.3) is 0 Å². The molecule has 0 radical (unpaired) electrons. The minimum Gasteiger partial charge on any atom is -0.507 e. The lowest BCUT2D eigenvalue weighted by atomic mass is 9.86. The van der Waals surface area contributed by atoms with Crippen LogP contribution in [0.4, 0.5) is 0 Å². The van der Waals surface area contributed by atoms with Crippen LogP contribution in [0.2, 0.25) is 0 Å². The Morgan fingerprint density at radius 2 is 1.97 bits per heavy atom. The van der Waals surface area contributed by atoms with E-state index in [0.29, 0.717) is 22.4 Å². The van der Waals surface area contributed by atoms with Crippen LogP contribution in [0.3, 0.4) is 0 Å². The highest BCUT2D eigenvalue weighted by Crippen LogP contribution is 2.45. The standard InChI is InChI=1S/C25H22N2O6/c1-13(2)27-11-15(10-26-27)17-8-21(29)33-20-9-19(28)23-24(30)18(12-32-25(23)22(17)20)14-4-6-16(31-3)7-5-14/h4-7,9-13,17,28H,8H2,1-3H3. The molecule has 1 N–H and O–H groups in total. The molecule has 5 rings (SSSR count). The Morgan fingerprint density at radius 1 is 1.21 bits per heavy atom. The molecule has 0 saturated heterocycles. The van der Waals surface area contributed by atoms with Gasteiger partial charge in [-0.1, -0.05) is 12.1 Å². The number of phenols is 1. The maximum absolute atomic E-state index is 13.4. The molecule has 0 aliphatic carbocycles. The van der Waals surface area contributed by atoms with Gasteiger partial charge < -0.3 is 19.0 Å². The van der Waals surface area contributed by atoms with Crippen LogP contribution in [0, 0.1) is 0 Å². The Balaban J connectivity index is 1.72. The third-order valence-corrected chi connectivity index (χ3v) is 5.92. The maximum Gasteiger partial charge on any atom is 0.312 e.